The molecule has 13 heavy (non-hydrogen) atoms. The van der Waals surface area contributed by atoms with Gasteiger partial charge in [0.15, 0.2) is 0 Å². The van der Waals surface area contributed by atoms with E-state index in [-0.39, 0.29) is 6.10 Å². The maximum atomic E-state index is 9.83. The number of epoxide rings is 1. The second-order valence-corrected chi connectivity index (χ2v) is 4.65. The Bertz CT molecular complexity index is 218. The van der Waals surface area contributed by atoms with Crippen LogP contribution in [-0.4, -0.2) is 37.1 Å². The van der Waals surface area contributed by atoms with E-state index in [1.54, 1.807) is 7.11 Å². The van der Waals surface area contributed by atoms with Crippen LogP contribution in [-0.2, 0) is 9.47 Å². The molecule has 0 aromatic carbocycles. The van der Waals surface area contributed by atoms with Crippen LogP contribution in [0.3, 0.4) is 0 Å². The monoisotopic (exact) mass is 184 g/mol. The first-order chi connectivity index (χ1) is 6.31. The fraction of sp³-hybridized carbons (Fsp3) is 1.00. The molecular weight excluding hydrogens is 168 g/mol. The zero-order chi connectivity index (χ0) is 9.00. The van der Waals surface area contributed by atoms with Gasteiger partial charge in [-0.3, -0.25) is 0 Å². The number of hydrogen-bond acceptors (Lipinski definition) is 3. The number of aliphatic hydroxyl groups is 1. The van der Waals surface area contributed by atoms with E-state index in [1.165, 1.54) is 6.42 Å². The lowest BCUT2D eigenvalue weighted by Crippen LogP contribution is -2.32. The van der Waals surface area contributed by atoms with E-state index in [2.05, 4.69) is 0 Å². The van der Waals surface area contributed by atoms with E-state index in [9.17, 15) is 5.11 Å². The molecule has 3 rings (SSSR count). The lowest BCUT2D eigenvalue weighted by Gasteiger charge is -2.24. The zero-order valence-electron chi connectivity index (χ0n) is 7.85. The molecule has 2 saturated carbocycles. The summed E-state index contributed by atoms with van der Waals surface area (Å²) in [5.41, 5.74) is 0. The Balaban J connectivity index is 1.67. The van der Waals surface area contributed by atoms with Gasteiger partial charge in [-0.1, -0.05) is 0 Å². The summed E-state index contributed by atoms with van der Waals surface area (Å²) >= 11 is 0. The van der Waals surface area contributed by atoms with Crippen molar-refractivity contribution in [1.29, 1.82) is 0 Å². The van der Waals surface area contributed by atoms with Crippen molar-refractivity contribution in [2.75, 3.05) is 13.7 Å². The fourth-order valence-electron chi connectivity index (χ4n) is 3.39. The first kappa shape index (κ1) is 8.21. The lowest BCUT2D eigenvalue weighted by atomic mass is 9.85. The molecule has 3 heteroatoms. The number of ether oxygens (including phenoxy) is 2. The third-order valence-corrected chi connectivity index (χ3v) is 3.98. The summed E-state index contributed by atoms with van der Waals surface area (Å²) < 4.78 is 10.5. The summed E-state index contributed by atoms with van der Waals surface area (Å²) in [5.74, 6) is 1.81. The van der Waals surface area contributed by atoms with Crippen molar-refractivity contribution >= 4 is 0 Å². The molecule has 3 aliphatic rings. The van der Waals surface area contributed by atoms with Crippen molar-refractivity contribution in [3.63, 3.8) is 0 Å². The van der Waals surface area contributed by atoms with Gasteiger partial charge >= 0.3 is 0 Å². The van der Waals surface area contributed by atoms with Gasteiger partial charge in [-0.25, -0.2) is 0 Å². The van der Waals surface area contributed by atoms with E-state index < -0.39 is 0 Å². The molecule has 0 radical (unpaired) electrons. The topological polar surface area (TPSA) is 42.0 Å². The van der Waals surface area contributed by atoms with Crippen LogP contribution in [0.2, 0.25) is 0 Å². The fourth-order valence-corrected chi connectivity index (χ4v) is 3.39. The van der Waals surface area contributed by atoms with Gasteiger partial charge in [-0.05, 0) is 30.6 Å². The van der Waals surface area contributed by atoms with E-state index >= 15 is 0 Å². The summed E-state index contributed by atoms with van der Waals surface area (Å²) in [6.07, 6.45) is 3.22. The predicted octanol–water partition coefficient (Wildman–Crippen LogP) is 0.417. The van der Waals surface area contributed by atoms with Gasteiger partial charge in [-0.2, -0.15) is 0 Å². The highest BCUT2D eigenvalue weighted by Crippen LogP contribution is 2.59. The van der Waals surface area contributed by atoms with Gasteiger partial charge in [0.05, 0.1) is 24.9 Å². The first-order valence-corrected chi connectivity index (χ1v) is 5.13. The third-order valence-electron chi connectivity index (χ3n) is 3.98. The van der Waals surface area contributed by atoms with Crippen molar-refractivity contribution in [1.82, 2.24) is 0 Å². The largest absolute Gasteiger partial charge is 0.390 e. The molecule has 0 aromatic rings. The molecule has 3 nitrogen and oxygen atoms in total. The van der Waals surface area contributed by atoms with Crippen LogP contribution in [0.4, 0.5) is 0 Å². The van der Waals surface area contributed by atoms with Gasteiger partial charge in [0.1, 0.15) is 0 Å². The summed E-state index contributed by atoms with van der Waals surface area (Å²) in [7, 11) is 1.65. The van der Waals surface area contributed by atoms with E-state index in [0.29, 0.717) is 30.7 Å². The normalized spacial score (nSPS) is 53.5. The van der Waals surface area contributed by atoms with Gasteiger partial charge in [0, 0.05) is 7.11 Å². The quantitative estimate of drug-likeness (QED) is 0.646. The first-order valence-electron chi connectivity index (χ1n) is 5.13. The molecule has 1 saturated heterocycles. The Hall–Kier alpha value is -0.120. The Kier molecular flexibility index (Phi) is 1.70. The summed E-state index contributed by atoms with van der Waals surface area (Å²) in [4.78, 5) is 0. The molecule has 0 spiro atoms. The molecule has 6 atom stereocenters. The smallest absolute Gasteiger partial charge is 0.0876 e. The molecule has 0 amide bonds. The van der Waals surface area contributed by atoms with Crippen LogP contribution in [0.1, 0.15) is 12.8 Å². The Morgan fingerprint density at radius 3 is 2.92 bits per heavy atom. The number of methoxy groups -OCH3 is 1. The Labute approximate surface area is 78.0 Å². The second kappa shape index (κ2) is 2.69. The second-order valence-electron chi connectivity index (χ2n) is 4.65. The van der Waals surface area contributed by atoms with Crippen LogP contribution in [0.5, 0.6) is 0 Å². The van der Waals surface area contributed by atoms with E-state index in [4.69, 9.17) is 9.47 Å². The van der Waals surface area contributed by atoms with Crippen LogP contribution >= 0.6 is 0 Å². The van der Waals surface area contributed by atoms with Crippen LogP contribution < -0.4 is 0 Å². The molecule has 1 heterocycles. The third kappa shape index (κ3) is 1.07. The Morgan fingerprint density at radius 1 is 1.46 bits per heavy atom. The predicted molar refractivity (Wildman–Crippen MR) is 46.2 cm³/mol. The molecule has 74 valence electrons. The molecule has 2 bridgehead atoms. The molecule has 2 aliphatic carbocycles. The number of fused-ring (bicyclic) bond motifs is 5. The van der Waals surface area contributed by atoms with Crippen LogP contribution in [0.15, 0.2) is 0 Å². The highest BCUT2D eigenvalue weighted by atomic mass is 16.6. The van der Waals surface area contributed by atoms with Crippen molar-refractivity contribution in [2.45, 2.75) is 31.2 Å². The number of hydrogen-bond donors (Lipinski definition) is 1. The molecule has 3 fully saturated rings. The number of aliphatic hydroxyl groups excluding tert-OH is 1. The maximum absolute atomic E-state index is 9.83. The van der Waals surface area contributed by atoms with Gasteiger partial charge in [-0.15, -0.1) is 0 Å². The minimum atomic E-state index is -0.273. The molecular formula is C10H16O3. The van der Waals surface area contributed by atoms with Crippen molar-refractivity contribution in [2.24, 2.45) is 17.8 Å². The average Bonchev–Trinajstić information content (AvgIpc) is 2.72. The molecule has 0 aromatic heterocycles. The zero-order valence-corrected chi connectivity index (χ0v) is 7.85. The van der Waals surface area contributed by atoms with Gasteiger partial charge in [0.2, 0.25) is 0 Å². The SMILES string of the molecule is COCC(O)[C@H]1C[C@@H]2C[C@H]1[C@H]1O[C@@H]21. The van der Waals surface area contributed by atoms with E-state index in [1.807, 2.05) is 0 Å². The number of rotatable bonds is 3. The summed E-state index contributed by atoms with van der Waals surface area (Å²) in [5, 5.41) is 9.83. The summed E-state index contributed by atoms with van der Waals surface area (Å²) in [6.45, 7) is 0.477. The average molecular weight is 184 g/mol. The lowest BCUT2D eigenvalue weighted by molar-refractivity contribution is 0.00792. The highest BCUT2D eigenvalue weighted by Gasteiger charge is 2.64. The van der Waals surface area contributed by atoms with E-state index in [0.717, 1.165) is 12.3 Å². The van der Waals surface area contributed by atoms with Crippen LogP contribution in [0, 0.1) is 17.8 Å². The minimum Gasteiger partial charge on any atom is -0.390 e. The van der Waals surface area contributed by atoms with Gasteiger partial charge in [0.25, 0.3) is 0 Å². The van der Waals surface area contributed by atoms with Crippen molar-refractivity contribution < 1.29 is 14.6 Å². The molecule has 1 N–H and O–H groups in total. The summed E-state index contributed by atoms with van der Waals surface area (Å²) in [6, 6.07) is 0. The standard InChI is InChI=1S/C10H16O3/c1-12-4-8(11)6-2-5-3-7(6)10-9(5)13-10/h5-11H,2-4H2,1H3/t5-,6+,7-,8?,9+,10-/m1/s1. The van der Waals surface area contributed by atoms with Gasteiger partial charge < -0.3 is 14.6 Å². The van der Waals surface area contributed by atoms with Crippen LogP contribution in [0.25, 0.3) is 0 Å². The van der Waals surface area contributed by atoms with Crippen molar-refractivity contribution in [3.8, 4) is 0 Å². The minimum absolute atomic E-state index is 0.273. The van der Waals surface area contributed by atoms with Crippen molar-refractivity contribution in [3.05, 3.63) is 0 Å². The Morgan fingerprint density at radius 2 is 2.31 bits per heavy atom. The maximum Gasteiger partial charge on any atom is 0.0876 e. The molecule has 1 aliphatic heterocycles. The molecule has 1 unspecified atom stereocenters. The highest BCUT2D eigenvalue weighted by molar-refractivity contribution is 5.11.